The van der Waals surface area contributed by atoms with E-state index in [1.54, 1.807) is 14.2 Å². The van der Waals surface area contributed by atoms with E-state index in [2.05, 4.69) is 5.32 Å². The van der Waals surface area contributed by atoms with E-state index in [0.717, 1.165) is 28.7 Å². The van der Waals surface area contributed by atoms with Crippen LogP contribution in [0.15, 0.2) is 30.3 Å². The summed E-state index contributed by atoms with van der Waals surface area (Å²) in [7, 11) is 3.23. The Balaban J connectivity index is 2.01. The van der Waals surface area contributed by atoms with Crippen molar-refractivity contribution >= 4 is 5.91 Å². The maximum absolute atomic E-state index is 12.5. The van der Waals surface area contributed by atoms with Gasteiger partial charge >= 0.3 is 0 Å². The van der Waals surface area contributed by atoms with Gasteiger partial charge in [0.05, 0.1) is 14.2 Å². The van der Waals surface area contributed by atoms with E-state index in [4.69, 9.17) is 9.47 Å². The molecular formula is C20H25NO3. The smallest absolute Gasteiger partial charge is 0.251 e. The number of carbonyl (C=O) groups excluding carboxylic acids is 1. The second kappa shape index (κ2) is 7.86. The molecule has 2 aromatic carbocycles. The summed E-state index contributed by atoms with van der Waals surface area (Å²) < 4.78 is 10.5. The summed E-state index contributed by atoms with van der Waals surface area (Å²) in [6.45, 7) is 6.56. The van der Waals surface area contributed by atoms with E-state index in [9.17, 15) is 4.79 Å². The Bertz CT molecular complexity index is 715. The van der Waals surface area contributed by atoms with Crippen LogP contribution in [0.3, 0.4) is 0 Å². The number of rotatable bonds is 6. The van der Waals surface area contributed by atoms with E-state index in [0.29, 0.717) is 18.0 Å². The third kappa shape index (κ3) is 4.07. The summed E-state index contributed by atoms with van der Waals surface area (Å²) in [5.41, 5.74) is 5.05. The Kier molecular flexibility index (Phi) is 5.85. The number of hydrogen-bond donors (Lipinski definition) is 1. The van der Waals surface area contributed by atoms with Crippen LogP contribution in [0.25, 0.3) is 0 Å². The number of nitrogens with one attached hydrogen (secondary N) is 1. The van der Waals surface area contributed by atoms with Crippen molar-refractivity contribution in [3.63, 3.8) is 0 Å². The lowest BCUT2D eigenvalue weighted by atomic mass is 9.99. The zero-order valence-corrected chi connectivity index (χ0v) is 15.0. The van der Waals surface area contributed by atoms with Crippen LogP contribution in [0.2, 0.25) is 0 Å². The molecule has 1 amide bonds. The molecule has 0 saturated carbocycles. The van der Waals surface area contributed by atoms with Crippen molar-refractivity contribution < 1.29 is 14.3 Å². The molecule has 2 aromatic rings. The molecule has 0 saturated heterocycles. The highest BCUT2D eigenvalue weighted by Crippen LogP contribution is 2.27. The lowest BCUT2D eigenvalue weighted by Gasteiger charge is -2.12. The predicted octanol–water partition coefficient (Wildman–Crippen LogP) is 3.60. The zero-order chi connectivity index (χ0) is 17.7. The molecule has 0 fully saturated rings. The quantitative estimate of drug-likeness (QED) is 0.882. The number of carbonyl (C=O) groups is 1. The molecule has 128 valence electrons. The van der Waals surface area contributed by atoms with Gasteiger partial charge in [-0.1, -0.05) is 23.8 Å². The van der Waals surface area contributed by atoms with E-state index in [1.807, 2.05) is 51.1 Å². The van der Waals surface area contributed by atoms with Gasteiger partial charge in [-0.2, -0.15) is 0 Å². The Morgan fingerprint density at radius 3 is 2.17 bits per heavy atom. The highest BCUT2D eigenvalue weighted by molar-refractivity contribution is 5.97. The molecule has 0 atom stereocenters. The van der Waals surface area contributed by atoms with Crippen LogP contribution in [0.1, 0.15) is 32.6 Å². The SMILES string of the molecule is COc1ccc(CCNC(=O)c2c(C)cc(C)cc2C)cc1OC. The summed E-state index contributed by atoms with van der Waals surface area (Å²) >= 11 is 0. The molecule has 0 heterocycles. The maximum atomic E-state index is 12.5. The van der Waals surface area contributed by atoms with Gasteiger partial charge in [0.2, 0.25) is 0 Å². The highest BCUT2D eigenvalue weighted by atomic mass is 16.5. The van der Waals surface area contributed by atoms with Crippen LogP contribution < -0.4 is 14.8 Å². The van der Waals surface area contributed by atoms with Crippen LogP contribution in [0.5, 0.6) is 11.5 Å². The minimum Gasteiger partial charge on any atom is -0.493 e. The second-order valence-corrected chi connectivity index (χ2v) is 5.97. The molecule has 0 spiro atoms. The average Bonchev–Trinajstić information content (AvgIpc) is 2.53. The molecule has 0 aliphatic heterocycles. The largest absolute Gasteiger partial charge is 0.493 e. The van der Waals surface area contributed by atoms with Crippen molar-refractivity contribution in [1.82, 2.24) is 5.32 Å². The minimum atomic E-state index is -0.0227. The number of methoxy groups -OCH3 is 2. The molecule has 0 radical (unpaired) electrons. The fourth-order valence-electron chi connectivity index (χ4n) is 2.98. The molecule has 24 heavy (non-hydrogen) atoms. The molecule has 0 aliphatic rings. The van der Waals surface area contributed by atoms with Gasteiger partial charge in [0.15, 0.2) is 11.5 Å². The van der Waals surface area contributed by atoms with Gasteiger partial charge in [-0.3, -0.25) is 4.79 Å². The number of aryl methyl sites for hydroxylation is 3. The van der Waals surface area contributed by atoms with Crippen LogP contribution in [-0.4, -0.2) is 26.7 Å². The number of amides is 1. The first kappa shape index (κ1) is 17.9. The summed E-state index contributed by atoms with van der Waals surface area (Å²) in [6.07, 6.45) is 0.732. The van der Waals surface area contributed by atoms with Gasteiger partial charge in [-0.15, -0.1) is 0 Å². The van der Waals surface area contributed by atoms with Crippen molar-refractivity contribution in [3.8, 4) is 11.5 Å². The molecule has 0 unspecified atom stereocenters. The van der Waals surface area contributed by atoms with Gasteiger partial charge < -0.3 is 14.8 Å². The van der Waals surface area contributed by atoms with E-state index in [1.165, 1.54) is 5.56 Å². The van der Waals surface area contributed by atoms with Crippen LogP contribution >= 0.6 is 0 Å². The molecular weight excluding hydrogens is 302 g/mol. The van der Waals surface area contributed by atoms with E-state index >= 15 is 0 Å². The monoisotopic (exact) mass is 327 g/mol. The summed E-state index contributed by atoms with van der Waals surface area (Å²) in [4.78, 5) is 12.5. The summed E-state index contributed by atoms with van der Waals surface area (Å²) in [5.74, 6) is 1.38. The molecule has 1 N–H and O–H groups in total. The lowest BCUT2D eigenvalue weighted by Crippen LogP contribution is -2.27. The second-order valence-electron chi connectivity index (χ2n) is 5.97. The van der Waals surface area contributed by atoms with Crippen molar-refractivity contribution in [2.75, 3.05) is 20.8 Å². The highest BCUT2D eigenvalue weighted by Gasteiger charge is 2.12. The number of ether oxygens (including phenoxy) is 2. The summed E-state index contributed by atoms with van der Waals surface area (Å²) in [5, 5.41) is 3.00. The van der Waals surface area contributed by atoms with Gasteiger partial charge in [0.25, 0.3) is 5.91 Å². The fourth-order valence-corrected chi connectivity index (χ4v) is 2.98. The third-order valence-corrected chi connectivity index (χ3v) is 4.05. The Morgan fingerprint density at radius 1 is 0.958 bits per heavy atom. The first-order valence-corrected chi connectivity index (χ1v) is 8.03. The third-order valence-electron chi connectivity index (χ3n) is 4.05. The zero-order valence-electron chi connectivity index (χ0n) is 15.0. The predicted molar refractivity (Wildman–Crippen MR) is 96.2 cm³/mol. The van der Waals surface area contributed by atoms with E-state index in [-0.39, 0.29) is 5.91 Å². The van der Waals surface area contributed by atoms with Gasteiger partial charge in [0, 0.05) is 12.1 Å². The molecule has 4 nitrogen and oxygen atoms in total. The summed E-state index contributed by atoms with van der Waals surface area (Å²) in [6, 6.07) is 9.88. The van der Waals surface area contributed by atoms with Gasteiger partial charge in [-0.05, 0) is 56.0 Å². The van der Waals surface area contributed by atoms with Crippen LogP contribution in [-0.2, 0) is 6.42 Å². The van der Waals surface area contributed by atoms with Gasteiger partial charge in [-0.25, -0.2) is 0 Å². The first-order valence-electron chi connectivity index (χ1n) is 8.03. The van der Waals surface area contributed by atoms with E-state index < -0.39 is 0 Å². The Hall–Kier alpha value is -2.49. The minimum absolute atomic E-state index is 0.0227. The average molecular weight is 327 g/mol. The lowest BCUT2D eigenvalue weighted by molar-refractivity contribution is 0.0953. The number of benzene rings is 2. The van der Waals surface area contributed by atoms with Crippen molar-refractivity contribution in [2.24, 2.45) is 0 Å². The van der Waals surface area contributed by atoms with Crippen LogP contribution in [0.4, 0.5) is 0 Å². The topological polar surface area (TPSA) is 47.6 Å². The Morgan fingerprint density at radius 2 is 1.58 bits per heavy atom. The maximum Gasteiger partial charge on any atom is 0.251 e. The molecule has 0 bridgehead atoms. The van der Waals surface area contributed by atoms with Crippen molar-refractivity contribution in [1.29, 1.82) is 0 Å². The fraction of sp³-hybridized carbons (Fsp3) is 0.350. The first-order chi connectivity index (χ1) is 11.5. The number of hydrogen-bond acceptors (Lipinski definition) is 3. The van der Waals surface area contributed by atoms with Crippen molar-refractivity contribution in [3.05, 3.63) is 58.1 Å². The molecule has 2 rings (SSSR count). The van der Waals surface area contributed by atoms with Crippen LogP contribution in [0, 0.1) is 20.8 Å². The van der Waals surface area contributed by atoms with Crippen molar-refractivity contribution in [2.45, 2.75) is 27.2 Å². The standard InChI is InChI=1S/C20H25NO3/c1-13-10-14(2)19(15(3)11-13)20(22)21-9-8-16-6-7-17(23-4)18(12-16)24-5/h6-7,10-12H,8-9H2,1-5H3,(H,21,22). The van der Waals surface area contributed by atoms with Gasteiger partial charge in [0.1, 0.15) is 0 Å². The molecule has 4 heteroatoms. The molecule has 0 aliphatic carbocycles. The normalized spacial score (nSPS) is 10.4. The Labute approximate surface area is 143 Å². The molecule has 0 aromatic heterocycles.